The van der Waals surface area contributed by atoms with Crippen LogP contribution >= 0.6 is 0 Å². The maximum absolute atomic E-state index is 4.97. The van der Waals surface area contributed by atoms with Crippen molar-refractivity contribution in [2.75, 3.05) is 0 Å². The lowest BCUT2D eigenvalue weighted by Crippen LogP contribution is -2.19. The predicted octanol–water partition coefficient (Wildman–Crippen LogP) is 5.15. The highest BCUT2D eigenvalue weighted by Crippen LogP contribution is 2.35. The minimum atomic E-state index is 0.0943. The van der Waals surface area contributed by atoms with Gasteiger partial charge in [0.25, 0.3) is 0 Å². The number of hydrogen-bond acceptors (Lipinski definition) is 1. The number of imidazole rings is 1. The number of H-pyrrole nitrogens is 1. The van der Waals surface area contributed by atoms with E-state index in [-0.39, 0.29) is 10.8 Å². The maximum atomic E-state index is 4.97. The minimum Gasteiger partial charge on any atom is -0.345 e. The van der Waals surface area contributed by atoms with Crippen LogP contribution in [0.2, 0.25) is 0 Å². The largest absolute Gasteiger partial charge is 0.345 e. The molecule has 2 nitrogen and oxygen atoms in total. The summed E-state index contributed by atoms with van der Waals surface area (Å²) in [6.45, 7) is 20.4. The topological polar surface area (TPSA) is 28.7 Å². The van der Waals surface area contributed by atoms with Gasteiger partial charge in [0.05, 0.1) is 5.69 Å². The Morgan fingerprint density at radius 3 is 1.95 bits per heavy atom. The van der Waals surface area contributed by atoms with Crippen LogP contribution < -0.4 is 0 Å². The number of rotatable bonds is 4. The molecule has 0 aliphatic carbocycles. The van der Waals surface area contributed by atoms with Gasteiger partial charge in [-0.3, -0.25) is 0 Å². The van der Waals surface area contributed by atoms with E-state index in [9.17, 15) is 0 Å². The van der Waals surface area contributed by atoms with Gasteiger partial charge < -0.3 is 4.98 Å². The van der Waals surface area contributed by atoms with E-state index in [4.69, 9.17) is 4.98 Å². The fourth-order valence-electron chi connectivity index (χ4n) is 2.11. The van der Waals surface area contributed by atoms with Crippen LogP contribution in [0.5, 0.6) is 0 Å². The molecule has 1 unspecified atom stereocenters. The van der Waals surface area contributed by atoms with E-state index in [0.29, 0.717) is 11.8 Å². The Morgan fingerprint density at radius 1 is 1.05 bits per heavy atom. The van der Waals surface area contributed by atoms with Gasteiger partial charge in [0, 0.05) is 22.4 Å². The summed E-state index contributed by atoms with van der Waals surface area (Å²) in [5.41, 5.74) is 2.79. The smallest absolute Gasteiger partial charge is 0.112 e. The summed E-state index contributed by atoms with van der Waals surface area (Å²) in [5, 5.41) is 0. The van der Waals surface area contributed by atoms with Crippen LogP contribution in [0.25, 0.3) is 0 Å². The SMILES string of the molecule is CCC(C)(C)c1nc(C(C)(C)C)c(C(C)C(C)C)[nH]1. The van der Waals surface area contributed by atoms with Gasteiger partial charge in [-0.05, 0) is 12.3 Å². The van der Waals surface area contributed by atoms with Gasteiger partial charge in [-0.2, -0.15) is 0 Å². The third-order valence-corrected chi connectivity index (χ3v) is 4.42. The van der Waals surface area contributed by atoms with Crippen LogP contribution in [-0.4, -0.2) is 9.97 Å². The zero-order chi connectivity index (χ0) is 15.0. The third kappa shape index (κ3) is 3.40. The number of hydrogen-bond donors (Lipinski definition) is 1. The summed E-state index contributed by atoms with van der Waals surface area (Å²) in [7, 11) is 0. The second kappa shape index (κ2) is 5.30. The average molecular weight is 264 g/mol. The molecule has 0 fully saturated rings. The molecule has 0 aliphatic heterocycles. The van der Waals surface area contributed by atoms with Crippen LogP contribution in [0.4, 0.5) is 0 Å². The van der Waals surface area contributed by atoms with Crippen molar-refractivity contribution in [3.63, 3.8) is 0 Å². The summed E-state index contributed by atoms with van der Waals surface area (Å²) < 4.78 is 0. The molecule has 1 rings (SSSR count). The fraction of sp³-hybridized carbons (Fsp3) is 0.824. The maximum Gasteiger partial charge on any atom is 0.112 e. The molecule has 19 heavy (non-hydrogen) atoms. The van der Waals surface area contributed by atoms with E-state index in [1.54, 1.807) is 0 Å². The summed E-state index contributed by atoms with van der Waals surface area (Å²) in [4.78, 5) is 8.62. The van der Waals surface area contributed by atoms with E-state index in [0.717, 1.165) is 12.2 Å². The van der Waals surface area contributed by atoms with Crippen LogP contribution in [-0.2, 0) is 10.8 Å². The molecule has 0 aliphatic rings. The van der Waals surface area contributed by atoms with Gasteiger partial charge in [-0.1, -0.05) is 62.3 Å². The lowest BCUT2D eigenvalue weighted by atomic mass is 9.84. The molecule has 1 N–H and O–H groups in total. The highest BCUT2D eigenvalue weighted by atomic mass is 15.0. The first-order valence-corrected chi connectivity index (χ1v) is 7.61. The number of nitrogens with zero attached hydrogens (tertiary/aromatic N) is 1. The molecule has 0 aromatic carbocycles. The lowest BCUT2D eigenvalue weighted by molar-refractivity contribution is 0.471. The molecule has 1 atom stereocenters. The predicted molar refractivity (Wildman–Crippen MR) is 83.9 cm³/mol. The molecule has 110 valence electrons. The molecule has 0 saturated carbocycles. The molecule has 0 bridgehead atoms. The normalized spacial score (nSPS) is 15.1. The van der Waals surface area contributed by atoms with Gasteiger partial charge in [-0.25, -0.2) is 4.98 Å². The summed E-state index contributed by atoms with van der Waals surface area (Å²) in [6, 6.07) is 0. The molecule has 0 saturated heterocycles. The van der Waals surface area contributed by atoms with E-state index in [2.05, 4.69) is 67.3 Å². The number of aromatic amines is 1. The molecule has 1 aromatic rings. The minimum absolute atomic E-state index is 0.0943. The zero-order valence-corrected chi connectivity index (χ0v) is 14.3. The zero-order valence-electron chi connectivity index (χ0n) is 14.3. The van der Waals surface area contributed by atoms with Crippen molar-refractivity contribution in [3.05, 3.63) is 17.2 Å². The Morgan fingerprint density at radius 2 is 1.58 bits per heavy atom. The quantitative estimate of drug-likeness (QED) is 0.800. The summed E-state index contributed by atoms with van der Waals surface area (Å²) in [6.07, 6.45) is 1.10. The Labute approximate surface area is 119 Å². The molecule has 0 amide bonds. The molecular formula is C17H32N2. The van der Waals surface area contributed by atoms with Crippen LogP contribution in [0.3, 0.4) is 0 Å². The fourth-order valence-corrected chi connectivity index (χ4v) is 2.11. The van der Waals surface area contributed by atoms with Crippen molar-refractivity contribution < 1.29 is 0 Å². The average Bonchev–Trinajstić information content (AvgIpc) is 2.72. The van der Waals surface area contributed by atoms with E-state index < -0.39 is 0 Å². The van der Waals surface area contributed by atoms with E-state index in [1.165, 1.54) is 11.4 Å². The highest BCUT2D eigenvalue weighted by molar-refractivity contribution is 5.27. The number of nitrogens with one attached hydrogen (secondary N) is 1. The van der Waals surface area contributed by atoms with Crippen LogP contribution in [0, 0.1) is 5.92 Å². The monoisotopic (exact) mass is 264 g/mol. The van der Waals surface area contributed by atoms with Crippen molar-refractivity contribution in [1.29, 1.82) is 0 Å². The standard InChI is InChI=1S/C17H32N2/c1-10-17(8,9)15-18-13(12(4)11(2)3)14(19-15)16(5,6)7/h11-12H,10H2,1-9H3,(H,18,19). The van der Waals surface area contributed by atoms with Gasteiger partial charge >= 0.3 is 0 Å². The van der Waals surface area contributed by atoms with Crippen molar-refractivity contribution in [1.82, 2.24) is 9.97 Å². The second-order valence-electron chi connectivity index (χ2n) is 7.87. The summed E-state index contributed by atoms with van der Waals surface area (Å²) >= 11 is 0. The van der Waals surface area contributed by atoms with E-state index >= 15 is 0 Å². The first-order valence-electron chi connectivity index (χ1n) is 7.61. The lowest BCUT2D eigenvalue weighted by Gasteiger charge is -2.22. The van der Waals surface area contributed by atoms with Gasteiger partial charge in [-0.15, -0.1) is 0 Å². The molecular weight excluding hydrogens is 232 g/mol. The molecule has 0 radical (unpaired) electrons. The van der Waals surface area contributed by atoms with Crippen molar-refractivity contribution in [2.45, 2.75) is 85.5 Å². The van der Waals surface area contributed by atoms with Crippen molar-refractivity contribution in [2.24, 2.45) is 5.92 Å². The summed E-state index contributed by atoms with van der Waals surface area (Å²) in [5.74, 6) is 2.28. The highest BCUT2D eigenvalue weighted by Gasteiger charge is 2.31. The van der Waals surface area contributed by atoms with Gasteiger partial charge in [0.2, 0.25) is 0 Å². The Hall–Kier alpha value is -0.790. The Bertz CT molecular complexity index is 419. The van der Waals surface area contributed by atoms with Gasteiger partial charge in [0.1, 0.15) is 5.82 Å². The molecule has 1 heterocycles. The van der Waals surface area contributed by atoms with E-state index in [1.807, 2.05) is 0 Å². The molecule has 2 heteroatoms. The Kier molecular flexibility index (Phi) is 4.54. The number of aromatic nitrogens is 2. The first-order chi connectivity index (χ1) is 8.50. The molecule has 0 spiro atoms. The Balaban J connectivity index is 3.37. The van der Waals surface area contributed by atoms with Crippen molar-refractivity contribution in [3.8, 4) is 0 Å². The van der Waals surface area contributed by atoms with Crippen LogP contribution in [0.1, 0.15) is 91.9 Å². The van der Waals surface area contributed by atoms with Gasteiger partial charge in [0.15, 0.2) is 0 Å². The van der Waals surface area contributed by atoms with Crippen molar-refractivity contribution >= 4 is 0 Å². The van der Waals surface area contributed by atoms with Crippen LogP contribution in [0.15, 0.2) is 0 Å². The first kappa shape index (κ1) is 16.3. The third-order valence-electron chi connectivity index (χ3n) is 4.42. The second-order valence-corrected chi connectivity index (χ2v) is 7.87. The molecule has 1 aromatic heterocycles.